The van der Waals surface area contributed by atoms with Gasteiger partial charge in [0.25, 0.3) is 0 Å². The maximum atomic E-state index is 12.2. The maximum Gasteiger partial charge on any atom is 0.414 e. The molecule has 3 N–H and O–H groups in total. The van der Waals surface area contributed by atoms with Gasteiger partial charge in [0.15, 0.2) is 11.9 Å². The van der Waals surface area contributed by atoms with Gasteiger partial charge in [-0.1, -0.05) is 15.9 Å². The van der Waals surface area contributed by atoms with Crippen LogP contribution in [0.4, 0.5) is 10.5 Å². The number of nitrogens with zero attached hydrogens (tertiary/aromatic N) is 1. The second-order valence-corrected chi connectivity index (χ2v) is 7.00. The molecular formula is C19H18BrN3O4. The van der Waals surface area contributed by atoms with Gasteiger partial charge in [-0.05, 0) is 49.4 Å². The zero-order valence-electron chi connectivity index (χ0n) is 14.6. The molecule has 2 aromatic rings. The third-order valence-corrected chi connectivity index (χ3v) is 4.60. The Morgan fingerprint density at radius 3 is 2.67 bits per heavy atom. The van der Waals surface area contributed by atoms with Crippen LogP contribution in [-0.2, 0) is 4.74 Å². The lowest BCUT2D eigenvalue weighted by atomic mass is 10.1. The standard InChI is InChI=1S/C19H18BrN3O4/c1-11(24)16-8-13(20)4-7-17(16)26-10-15-9-23(19(25)27-15)14-5-2-12(3-6-14)18(21)22/h2-8,15H,9-10H2,1H3,(H3,21,22). The Bertz CT molecular complexity index is 898. The van der Waals surface area contributed by atoms with E-state index in [1.807, 2.05) is 0 Å². The number of cyclic esters (lactones) is 1. The quantitative estimate of drug-likeness (QED) is 0.414. The molecule has 8 heteroatoms. The average molecular weight is 432 g/mol. The molecular weight excluding hydrogens is 414 g/mol. The molecule has 140 valence electrons. The highest BCUT2D eigenvalue weighted by molar-refractivity contribution is 9.10. The first-order chi connectivity index (χ1) is 12.8. The van der Waals surface area contributed by atoms with Crippen LogP contribution in [0.1, 0.15) is 22.8 Å². The van der Waals surface area contributed by atoms with Gasteiger partial charge >= 0.3 is 6.09 Å². The molecule has 1 fully saturated rings. The molecule has 1 saturated heterocycles. The summed E-state index contributed by atoms with van der Waals surface area (Å²) in [6.07, 6.45) is -0.935. The molecule has 3 rings (SSSR count). The number of hydrogen-bond acceptors (Lipinski definition) is 5. The predicted octanol–water partition coefficient (Wildman–Crippen LogP) is 3.34. The molecule has 0 aliphatic carbocycles. The minimum absolute atomic E-state index is 0.0346. The SMILES string of the molecule is CC(=O)c1cc(Br)ccc1OCC1CN(c2ccc(C(=N)N)cc2)C(=O)O1. The van der Waals surface area contributed by atoms with E-state index in [0.29, 0.717) is 29.1 Å². The van der Waals surface area contributed by atoms with Crippen molar-refractivity contribution in [2.45, 2.75) is 13.0 Å². The number of carbonyl (C=O) groups excluding carboxylic acids is 2. The Morgan fingerprint density at radius 1 is 1.33 bits per heavy atom. The number of amidine groups is 1. The molecule has 0 spiro atoms. The summed E-state index contributed by atoms with van der Waals surface area (Å²) in [5.74, 6) is 0.306. The van der Waals surface area contributed by atoms with E-state index in [-0.39, 0.29) is 18.2 Å². The van der Waals surface area contributed by atoms with Gasteiger partial charge in [0.05, 0.1) is 12.1 Å². The molecule has 27 heavy (non-hydrogen) atoms. The maximum absolute atomic E-state index is 12.2. The van der Waals surface area contributed by atoms with Crippen LogP contribution in [0.15, 0.2) is 46.9 Å². The summed E-state index contributed by atoms with van der Waals surface area (Å²) >= 11 is 3.33. The fourth-order valence-corrected chi connectivity index (χ4v) is 3.09. The number of benzene rings is 2. The van der Waals surface area contributed by atoms with Gasteiger partial charge in [0, 0.05) is 15.7 Å². The Morgan fingerprint density at radius 2 is 2.04 bits per heavy atom. The summed E-state index contributed by atoms with van der Waals surface area (Å²) in [5, 5.41) is 7.41. The number of anilines is 1. The number of hydrogen-bond donors (Lipinski definition) is 2. The van der Waals surface area contributed by atoms with Gasteiger partial charge in [-0.3, -0.25) is 15.1 Å². The molecule has 0 saturated carbocycles. The second-order valence-electron chi connectivity index (χ2n) is 6.08. The van der Waals surface area contributed by atoms with E-state index >= 15 is 0 Å². The van der Waals surface area contributed by atoms with Crippen molar-refractivity contribution in [1.29, 1.82) is 5.41 Å². The van der Waals surface area contributed by atoms with Crippen molar-refractivity contribution in [2.24, 2.45) is 5.73 Å². The van der Waals surface area contributed by atoms with E-state index in [1.54, 1.807) is 42.5 Å². The number of Topliss-reactive ketones (excluding diaryl/α,β-unsaturated/α-hetero) is 1. The minimum Gasteiger partial charge on any atom is -0.489 e. The number of nitrogen functional groups attached to an aromatic ring is 1. The minimum atomic E-state index is -0.471. The normalized spacial score (nSPS) is 16.1. The highest BCUT2D eigenvalue weighted by Crippen LogP contribution is 2.26. The van der Waals surface area contributed by atoms with Crippen molar-refractivity contribution in [3.8, 4) is 5.75 Å². The average Bonchev–Trinajstić information content (AvgIpc) is 3.01. The van der Waals surface area contributed by atoms with Crippen molar-refractivity contribution >= 4 is 39.3 Å². The van der Waals surface area contributed by atoms with Crippen molar-refractivity contribution in [2.75, 3.05) is 18.1 Å². The number of amides is 1. The largest absolute Gasteiger partial charge is 0.489 e. The first-order valence-electron chi connectivity index (χ1n) is 8.21. The third-order valence-electron chi connectivity index (χ3n) is 4.11. The predicted molar refractivity (Wildman–Crippen MR) is 105 cm³/mol. The topological polar surface area (TPSA) is 106 Å². The fraction of sp³-hybridized carbons (Fsp3) is 0.211. The Kier molecular flexibility index (Phi) is 5.46. The number of ketones is 1. The summed E-state index contributed by atoms with van der Waals surface area (Å²) < 4.78 is 11.9. The van der Waals surface area contributed by atoms with Gasteiger partial charge in [-0.15, -0.1) is 0 Å². The number of rotatable bonds is 6. The summed E-state index contributed by atoms with van der Waals surface area (Å²) in [6.45, 7) is 1.93. The molecule has 0 bridgehead atoms. The number of nitrogens with one attached hydrogen (secondary N) is 1. The van der Waals surface area contributed by atoms with E-state index in [4.69, 9.17) is 20.6 Å². The highest BCUT2D eigenvalue weighted by Gasteiger charge is 2.33. The third kappa shape index (κ3) is 4.28. The van der Waals surface area contributed by atoms with Crippen LogP contribution in [0.25, 0.3) is 0 Å². The van der Waals surface area contributed by atoms with E-state index in [2.05, 4.69) is 15.9 Å². The monoisotopic (exact) mass is 431 g/mol. The molecule has 1 amide bonds. The van der Waals surface area contributed by atoms with Crippen molar-refractivity contribution in [3.63, 3.8) is 0 Å². The van der Waals surface area contributed by atoms with Crippen LogP contribution >= 0.6 is 15.9 Å². The smallest absolute Gasteiger partial charge is 0.414 e. The van der Waals surface area contributed by atoms with Crippen molar-refractivity contribution < 1.29 is 19.1 Å². The summed E-state index contributed by atoms with van der Waals surface area (Å²) in [7, 11) is 0. The zero-order valence-corrected chi connectivity index (χ0v) is 16.2. The Balaban J connectivity index is 1.66. The van der Waals surface area contributed by atoms with Crippen molar-refractivity contribution in [1.82, 2.24) is 0 Å². The molecule has 7 nitrogen and oxygen atoms in total. The van der Waals surface area contributed by atoms with E-state index in [9.17, 15) is 9.59 Å². The molecule has 1 atom stereocenters. The molecule has 1 aliphatic heterocycles. The first-order valence-corrected chi connectivity index (χ1v) is 9.00. The van der Waals surface area contributed by atoms with Gasteiger partial charge in [0.1, 0.15) is 18.2 Å². The first kappa shape index (κ1) is 18.9. The number of carbonyl (C=O) groups is 2. The molecule has 0 radical (unpaired) electrons. The molecule has 1 unspecified atom stereocenters. The summed E-state index contributed by atoms with van der Waals surface area (Å²) in [4.78, 5) is 25.4. The highest BCUT2D eigenvalue weighted by atomic mass is 79.9. The van der Waals surface area contributed by atoms with E-state index < -0.39 is 12.2 Å². The molecule has 1 aliphatic rings. The van der Waals surface area contributed by atoms with Crippen LogP contribution in [0.5, 0.6) is 5.75 Å². The van der Waals surface area contributed by atoms with Crippen LogP contribution in [0, 0.1) is 5.41 Å². The molecule has 1 heterocycles. The van der Waals surface area contributed by atoms with Crippen LogP contribution in [0.3, 0.4) is 0 Å². The van der Waals surface area contributed by atoms with Gasteiger partial charge in [-0.25, -0.2) is 4.79 Å². The number of ether oxygens (including phenoxy) is 2. The lowest BCUT2D eigenvalue weighted by Crippen LogP contribution is -2.26. The van der Waals surface area contributed by atoms with E-state index in [1.165, 1.54) is 11.8 Å². The molecule has 2 aromatic carbocycles. The fourth-order valence-electron chi connectivity index (χ4n) is 2.73. The second kappa shape index (κ2) is 7.79. The van der Waals surface area contributed by atoms with Gasteiger partial charge in [0.2, 0.25) is 0 Å². The zero-order chi connectivity index (χ0) is 19.6. The Labute approximate surface area is 164 Å². The lowest BCUT2D eigenvalue weighted by Gasteiger charge is -2.14. The molecule has 0 aromatic heterocycles. The van der Waals surface area contributed by atoms with Gasteiger partial charge in [-0.2, -0.15) is 0 Å². The number of halogens is 1. The van der Waals surface area contributed by atoms with Crippen LogP contribution in [-0.4, -0.2) is 37.0 Å². The van der Waals surface area contributed by atoms with Crippen LogP contribution < -0.4 is 15.4 Å². The lowest BCUT2D eigenvalue weighted by molar-refractivity contribution is 0.0974. The summed E-state index contributed by atoms with van der Waals surface area (Å²) in [5.41, 5.74) is 7.14. The summed E-state index contributed by atoms with van der Waals surface area (Å²) in [6, 6.07) is 12.0. The van der Waals surface area contributed by atoms with Gasteiger partial charge < -0.3 is 15.2 Å². The van der Waals surface area contributed by atoms with E-state index in [0.717, 1.165) is 4.47 Å². The van der Waals surface area contributed by atoms with Crippen LogP contribution in [0.2, 0.25) is 0 Å². The Hall–Kier alpha value is -2.87. The number of nitrogens with two attached hydrogens (primary N) is 1. The van der Waals surface area contributed by atoms with Crippen molar-refractivity contribution in [3.05, 3.63) is 58.1 Å².